The number of benzene rings is 2. The fourth-order valence-electron chi connectivity index (χ4n) is 2.75. The number of ether oxygens (including phenoxy) is 2. The molecule has 0 radical (unpaired) electrons. The molecule has 144 valence electrons. The number of hydrogen-bond acceptors (Lipinski definition) is 4. The van der Waals surface area contributed by atoms with Crippen LogP contribution in [0.4, 0.5) is 0 Å². The molecule has 0 aromatic heterocycles. The fourth-order valence-corrected chi connectivity index (χ4v) is 5.32. The molecule has 0 bridgehead atoms. The third kappa shape index (κ3) is 5.64. The summed E-state index contributed by atoms with van der Waals surface area (Å²) in [6.07, 6.45) is 3.41. The summed E-state index contributed by atoms with van der Waals surface area (Å²) >= 11 is 3.76. The average Bonchev–Trinajstić information content (AvgIpc) is 2.77. The maximum Gasteiger partial charge on any atom is 0.149 e. The van der Waals surface area contributed by atoms with Crippen molar-refractivity contribution in [2.24, 2.45) is 0 Å². The molecule has 2 aromatic rings. The first kappa shape index (κ1) is 20.5. The van der Waals surface area contributed by atoms with Crippen LogP contribution in [0.5, 0.6) is 5.75 Å². The predicted octanol–water partition coefficient (Wildman–Crippen LogP) is 6.31. The number of methoxy groups -OCH3 is 1. The first-order valence-electron chi connectivity index (χ1n) is 9.25. The monoisotopic (exact) mass is 408 g/mol. The van der Waals surface area contributed by atoms with E-state index < -0.39 is 0 Å². The van der Waals surface area contributed by atoms with Crippen LogP contribution >= 0.6 is 23.5 Å². The van der Waals surface area contributed by atoms with E-state index in [0.717, 1.165) is 39.7 Å². The highest BCUT2D eigenvalue weighted by Crippen LogP contribution is 2.42. The summed E-state index contributed by atoms with van der Waals surface area (Å²) in [4.78, 5) is 0. The summed E-state index contributed by atoms with van der Waals surface area (Å²) in [6.45, 7) is 2.23. The van der Waals surface area contributed by atoms with Gasteiger partial charge in [-0.05, 0) is 54.2 Å². The van der Waals surface area contributed by atoms with Crippen molar-refractivity contribution in [1.82, 2.24) is 0 Å². The van der Waals surface area contributed by atoms with E-state index in [1.165, 1.54) is 10.7 Å². The summed E-state index contributed by atoms with van der Waals surface area (Å²) in [5.74, 6) is 9.99. The summed E-state index contributed by atoms with van der Waals surface area (Å²) in [5, 5.41) is 0. The van der Waals surface area contributed by atoms with E-state index in [0.29, 0.717) is 6.61 Å². The molecule has 1 saturated heterocycles. The molecule has 0 amide bonds. The molecule has 0 unspecified atom stereocenters. The quantitative estimate of drug-likeness (QED) is 0.316. The van der Waals surface area contributed by atoms with Crippen LogP contribution in [0.15, 0.2) is 64.6 Å². The highest BCUT2D eigenvalue weighted by atomic mass is 32.2. The summed E-state index contributed by atoms with van der Waals surface area (Å²) < 4.78 is 12.8. The lowest BCUT2D eigenvalue weighted by Crippen LogP contribution is -2.03. The minimum atomic E-state index is 0.392. The van der Waals surface area contributed by atoms with Crippen molar-refractivity contribution < 1.29 is 9.47 Å². The zero-order chi connectivity index (χ0) is 19.6. The van der Waals surface area contributed by atoms with Gasteiger partial charge in [-0.1, -0.05) is 48.4 Å². The van der Waals surface area contributed by atoms with Gasteiger partial charge in [0, 0.05) is 5.57 Å². The SMILES string of the molecule is CC#CCOC(C(=Cc1ccc(OC)cc1)c1ccccc1)=C1SCCCS1. The van der Waals surface area contributed by atoms with E-state index in [-0.39, 0.29) is 0 Å². The first-order valence-corrected chi connectivity index (χ1v) is 11.2. The Hall–Kier alpha value is -2.22. The smallest absolute Gasteiger partial charge is 0.149 e. The Balaban J connectivity index is 2.08. The second kappa shape index (κ2) is 10.9. The van der Waals surface area contributed by atoms with Gasteiger partial charge in [-0.2, -0.15) is 0 Å². The van der Waals surface area contributed by atoms with Crippen molar-refractivity contribution in [2.75, 3.05) is 25.2 Å². The van der Waals surface area contributed by atoms with Gasteiger partial charge in [-0.3, -0.25) is 0 Å². The number of thioether (sulfide) groups is 2. The Kier molecular flexibility index (Phi) is 8.02. The molecular formula is C24H24O2S2. The maximum absolute atomic E-state index is 6.23. The predicted molar refractivity (Wildman–Crippen MR) is 123 cm³/mol. The van der Waals surface area contributed by atoms with Crippen LogP contribution in [0.1, 0.15) is 24.5 Å². The minimum absolute atomic E-state index is 0.392. The van der Waals surface area contributed by atoms with E-state index in [9.17, 15) is 0 Å². The van der Waals surface area contributed by atoms with Crippen molar-refractivity contribution in [3.05, 3.63) is 75.7 Å². The summed E-state index contributed by atoms with van der Waals surface area (Å²) in [5.41, 5.74) is 3.33. The summed E-state index contributed by atoms with van der Waals surface area (Å²) in [6, 6.07) is 18.5. The molecule has 28 heavy (non-hydrogen) atoms. The average molecular weight is 409 g/mol. The zero-order valence-electron chi connectivity index (χ0n) is 16.2. The molecule has 3 rings (SSSR count). The van der Waals surface area contributed by atoms with E-state index in [2.05, 4.69) is 54.3 Å². The largest absolute Gasteiger partial charge is 0.497 e. The van der Waals surface area contributed by atoms with E-state index in [1.54, 1.807) is 7.11 Å². The first-order chi connectivity index (χ1) is 13.8. The Labute approximate surface area is 176 Å². The van der Waals surface area contributed by atoms with Crippen molar-refractivity contribution >= 4 is 35.2 Å². The molecule has 1 fully saturated rings. The molecule has 2 nitrogen and oxygen atoms in total. The van der Waals surface area contributed by atoms with E-state index >= 15 is 0 Å². The topological polar surface area (TPSA) is 18.5 Å². The number of allylic oxidation sites excluding steroid dienone is 1. The molecule has 2 aromatic carbocycles. The Morgan fingerprint density at radius 3 is 2.39 bits per heavy atom. The van der Waals surface area contributed by atoms with Gasteiger partial charge in [0.1, 0.15) is 18.1 Å². The van der Waals surface area contributed by atoms with Gasteiger partial charge in [0.15, 0.2) is 0 Å². The standard InChI is InChI=1S/C24H24O2S2/c1-3-4-15-26-23(24-27-16-8-17-28-24)22(20-9-6-5-7-10-20)18-19-11-13-21(25-2)14-12-19/h5-7,9-14,18H,8,15-17H2,1-2H3. The van der Waals surface area contributed by atoms with Crippen molar-refractivity contribution in [3.8, 4) is 17.6 Å². The van der Waals surface area contributed by atoms with Gasteiger partial charge in [0.2, 0.25) is 0 Å². The van der Waals surface area contributed by atoms with Crippen LogP contribution in [0.25, 0.3) is 11.6 Å². The van der Waals surface area contributed by atoms with Crippen molar-refractivity contribution in [1.29, 1.82) is 0 Å². The third-order valence-corrected chi connectivity index (χ3v) is 6.75. The van der Waals surface area contributed by atoms with Crippen LogP contribution in [0.2, 0.25) is 0 Å². The Morgan fingerprint density at radius 1 is 1.04 bits per heavy atom. The molecule has 1 aliphatic heterocycles. The third-order valence-electron chi connectivity index (χ3n) is 4.16. The van der Waals surface area contributed by atoms with E-state index in [1.807, 2.05) is 48.6 Å². The Morgan fingerprint density at radius 2 is 1.75 bits per heavy atom. The van der Waals surface area contributed by atoms with Crippen LogP contribution in [-0.4, -0.2) is 25.2 Å². The highest BCUT2D eigenvalue weighted by Gasteiger charge is 2.19. The molecule has 0 N–H and O–H groups in total. The molecule has 0 saturated carbocycles. The van der Waals surface area contributed by atoms with Crippen LogP contribution in [0.3, 0.4) is 0 Å². The van der Waals surface area contributed by atoms with E-state index in [4.69, 9.17) is 9.47 Å². The lowest BCUT2D eigenvalue weighted by molar-refractivity contribution is 0.272. The van der Waals surface area contributed by atoms with Crippen LogP contribution in [-0.2, 0) is 4.74 Å². The molecule has 0 aliphatic carbocycles. The fraction of sp³-hybridized carbons (Fsp3) is 0.250. The molecular weight excluding hydrogens is 384 g/mol. The number of rotatable bonds is 6. The van der Waals surface area contributed by atoms with Gasteiger partial charge in [0.05, 0.1) is 11.3 Å². The second-order valence-electron chi connectivity index (χ2n) is 6.08. The van der Waals surface area contributed by atoms with Gasteiger partial charge >= 0.3 is 0 Å². The second-order valence-corrected chi connectivity index (χ2v) is 8.55. The number of hydrogen-bond donors (Lipinski definition) is 0. The lowest BCUT2D eigenvalue weighted by Gasteiger charge is -2.20. The highest BCUT2D eigenvalue weighted by molar-refractivity contribution is 8.22. The van der Waals surface area contributed by atoms with Gasteiger partial charge < -0.3 is 9.47 Å². The Bertz CT molecular complexity index is 880. The normalized spacial score (nSPS) is 14.1. The molecule has 1 aliphatic rings. The molecule has 1 heterocycles. The van der Waals surface area contributed by atoms with Crippen LogP contribution < -0.4 is 4.74 Å². The molecule has 0 atom stereocenters. The van der Waals surface area contributed by atoms with Gasteiger partial charge in [-0.25, -0.2) is 0 Å². The zero-order valence-corrected chi connectivity index (χ0v) is 17.9. The van der Waals surface area contributed by atoms with Crippen molar-refractivity contribution in [2.45, 2.75) is 13.3 Å². The van der Waals surface area contributed by atoms with Gasteiger partial charge in [0.25, 0.3) is 0 Å². The molecule has 0 spiro atoms. The lowest BCUT2D eigenvalue weighted by atomic mass is 10.0. The molecule has 4 heteroatoms. The maximum atomic E-state index is 6.23. The van der Waals surface area contributed by atoms with Gasteiger partial charge in [-0.15, -0.1) is 29.4 Å². The summed E-state index contributed by atoms with van der Waals surface area (Å²) in [7, 11) is 1.68. The minimum Gasteiger partial charge on any atom is -0.497 e. The van der Waals surface area contributed by atoms with Crippen LogP contribution in [0, 0.1) is 11.8 Å². The van der Waals surface area contributed by atoms with Crippen molar-refractivity contribution in [3.63, 3.8) is 0 Å².